The predicted octanol–water partition coefficient (Wildman–Crippen LogP) is 4.35. The van der Waals surface area contributed by atoms with Crippen molar-refractivity contribution < 1.29 is 4.74 Å². The van der Waals surface area contributed by atoms with E-state index >= 15 is 0 Å². The van der Waals surface area contributed by atoms with Gasteiger partial charge in [0.2, 0.25) is 0 Å². The minimum Gasteiger partial charge on any atom is -0.382 e. The molecule has 0 saturated heterocycles. The van der Waals surface area contributed by atoms with E-state index in [0.717, 1.165) is 25.8 Å². The van der Waals surface area contributed by atoms with Crippen LogP contribution in [0.3, 0.4) is 0 Å². The molecule has 0 radical (unpaired) electrons. The summed E-state index contributed by atoms with van der Waals surface area (Å²) in [7, 11) is 1.79. The molecule has 2 unspecified atom stereocenters. The number of nitrogens with one attached hydrogen (secondary N) is 1. The van der Waals surface area contributed by atoms with Crippen molar-refractivity contribution >= 4 is 0 Å². The molecule has 0 spiro atoms. The van der Waals surface area contributed by atoms with Crippen LogP contribution < -0.4 is 5.32 Å². The van der Waals surface area contributed by atoms with E-state index in [0.29, 0.717) is 12.0 Å². The summed E-state index contributed by atoms with van der Waals surface area (Å²) in [5, 5.41) is 3.65. The largest absolute Gasteiger partial charge is 0.382 e. The molecular weight excluding hydrogens is 246 g/mol. The third kappa shape index (κ3) is 6.06. The number of ether oxygens (including phenoxy) is 1. The molecule has 0 aliphatic carbocycles. The van der Waals surface area contributed by atoms with Crippen molar-refractivity contribution in [1.29, 1.82) is 0 Å². The Hall–Kier alpha value is -0.860. The van der Waals surface area contributed by atoms with Gasteiger partial charge in [-0.3, -0.25) is 0 Å². The van der Waals surface area contributed by atoms with E-state index in [9.17, 15) is 0 Å². The first-order chi connectivity index (χ1) is 9.56. The first-order valence-corrected chi connectivity index (χ1v) is 7.91. The Morgan fingerprint density at radius 2 is 1.95 bits per heavy atom. The summed E-state index contributed by atoms with van der Waals surface area (Å²) in [4.78, 5) is 0. The molecule has 1 aromatic rings. The fraction of sp³-hybridized carbons (Fsp3) is 0.667. The molecule has 1 N–H and O–H groups in total. The van der Waals surface area contributed by atoms with E-state index < -0.39 is 0 Å². The van der Waals surface area contributed by atoms with Gasteiger partial charge in [-0.05, 0) is 49.8 Å². The van der Waals surface area contributed by atoms with Gasteiger partial charge < -0.3 is 10.1 Å². The van der Waals surface area contributed by atoms with E-state index in [2.05, 4.69) is 57.3 Å². The van der Waals surface area contributed by atoms with Gasteiger partial charge in [0.25, 0.3) is 0 Å². The normalized spacial score (nSPS) is 14.5. The molecule has 0 bridgehead atoms. The molecule has 0 aliphatic rings. The maximum Gasteiger partial charge on any atom is 0.0561 e. The molecule has 1 aromatic carbocycles. The quantitative estimate of drug-likeness (QED) is 0.724. The molecular formula is C18H31NO. The topological polar surface area (TPSA) is 21.3 Å². The summed E-state index contributed by atoms with van der Waals surface area (Å²) in [6, 6.07) is 9.40. The summed E-state index contributed by atoms with van der Waals surface area (Å²) in [6.07, 6.45) is 3.59. The van der Waals surface area contributed by atoms with Gasteiger partial charge in [0, 0.05) is 13.2 Å². The van der Waals surface area contributed by atoms with Crippen LogP contribution in [0.4, 0.5) is 0 Å². The Labute approximate surface area is 124 Å². The first kappa shape index (κ1) is 17.2. The highest BCUT2D eigenvalue weighted by Crippen LogP contribution is 2.22. The molecule has 0 fully saturated rings. The average Bonchev–Trinajstić information content (AvgIpc) is 2.42. The van der Waals surface area contributed by atoms with Crippen molar-refractivity contribution in [3.63, 3.8) is 0 Å². The zero-order valence-electron chi connectivity index (χ0n) is 13.8. The van der Waals surface area contributed by atoms with Crippen molar-refractivity contribution in [1.82, 2.24) is 5.32 Å². The molecule has 114 valence electrons. The third-order valence-corrected chi connectivity index (χ3v) is 3.61. The molecule has 0 aliphatic heterocycles. The Bertz CT molecular complexity index is 375. The fourth-order valence-corrected chi connectivity index (χ4v) is 2.49. The summed E-state index contributed by atoms with van der Waals surface area (Å²) in [6.45, 7) is 9.94. The van der Waals surface area contributed by atoms with Crippen LogP contribution in [0.25, 0.3) is 0 Å². The summed E-state index contributed by atoms with van der Waals surface area (Å²) < 4.78 is 5.44. The lowest BCUT2D eigenvalue weighted by Gasteiger charge is -2.23. The molecule has 2 heteroatoms. The standard InChI is InChI=1S/C18H31NO/c1-6-10-19-18(12-15(4)20-5)17-9-7-8-16(13-17)11-14(2)3/h7-9,13-15,18-19H,6,10-12H2,1-5H3. The van der Waals surface area contributed by atoms with Crippen LogP contribution in [0.2, 0.25) is 0 Å². The Morgan fingerprint density at radius 3 is 2.55 bits per heavy atom. The van der Waals surface area contributed by atoms with Crippen LogP contribution in [0, 0.1) is 5.92 Å². The fourth-order valence-electron chi connectivity index (χ4n) is 2.49. The maximum absolute atomic E-state index is 5.44. The molecule has 0 saturated carbocycles. The minimum absolute atomic E-state index is 0.276. The van der Waals surface area contributed by atoms with E-state index in [-0.39, 0.29) is 6.10 Å². The van der Waals surface area contributed by atoms with Crippen molar-refractivity contribution in [3.8, 4) is 0 Å². The summed E-state index contributed by atoms with van der Waals surface area (Å²) >= 11 is 0. The second kappa shape index (κ2) is 9.15. The van der Waals surface area contributed by atoms with Crippen molar-refractivity contribution in [2.75, 3.05) is 13.7 Å². The molecule has 1 rings (SSSR count). The van der Waals surface area contributed by atoms with Gasteiger partial charge in [0.05, 0.1) is 6.10 Å². The van der Waals surface area contributed by atoms with Crippen molar-refractivity contribution in [3.05, 3.63) is 35.4 Å². The first-order valence-electron chi connectivity index (χ1n) is 7.91. The van der Waals surface area contributed by atoms with Gasteiger partial charge in [-0.15, -0.1) is 0 Å². The van der Waals surface area contributed by atoms with E-state index in [1.165, 1.54) is 11.1 Å². The van der Waals surface area contributed by atoms with Crippen LogP contribution in [-0.2, 0) is 11.2 Å². The number of hydrogen-bond acceptors (Lipinski definition) is 2. The van der Waals surface area contributed by atoms with Gasteiger partial charge >= 0.3 is 0 Å². The van der Waals surface area contributed by atoms with Crippen molar-refractivity contribution in [2.45, 2.75) is 59.1 Å². The second-order valence-electron chi connectivity index (χ2n) is 6.13. The zero-order valence-corrected chi connectivity index (χ0v) is 13.8. The van der Waals surface area contributed by atoms with Gasteiger partial charge in [0.15, 0.2) is 0 Å². The van der Waals surface area contributed by atoms with E-state index in [1.807, 2.05) is 0 Å². The highest BCUT2D eigenvalue weighted by molar-refractivity contribution is 5.26. The molecule has 0 aromatic heterocycles. The van der Waals surface area contributed by atoms with Crippen LogP contribution in [-0.4, -0.2) is 19.8 Å². The maximum atomic E-state index is 5.44. The molecule has 2 atom stereocenters. The smallest absolute Gasteiger partial charge is 0.0561 e. The van der Waals surface area contributed by atoms with E-state index in [4.69, 9.17) is 4.74 Å². The Morgan fingerprint density at radius 1 is 1.20 bits per heavy atom. The lowest BCUT2D eigenvalue weighted by molar-refractivity contribution is 0.100. The molecule has 0 heterocycles. The highest BCUT2D eigenvalue weighted by Gasteiger charge is 2.15. The van der Waals surface area contributed by atoms with Crippen LogP contribution >= 0.6 is 0 Å². The monoisotopic (exact) mass is 277 g/mol. The number of benzene rings is 1. The van der Waals surface area contributed by atoms with Gasteiger partial charge in [-0.1, -0.05) is 45.0 Å². The zero-order chi connectivity index (χ0) is 15.0. The summed E-state index contributed by atoms with van der Waals surface area (Å²) in [5.41, 5.74) is 2.83. The lowest BCUT2D eigenvalue weighted by Crippen LogP contribution is -2.26. The number of rotatable bonds is 9. The SMILES string of the molecule is CCCNC(CC(C)OC)c1cccc(CC(C)C)c1. The van der Waals surface area contributed by atoms with Gasteiger partial charge in [-0.25, -0.2) is 0 Å². The van der Waals surface area contributed by atoms with E-state index in [1.54, 1.807) is 7.11 Å². The van der Waals surface area contributed by atoms with Gasteiger partial charge in [-0.2, -0.15) is 0 Å². The molecule has 20 heavy (non-hydrogen) atoms. The average molecular weight is 277 g/mol. The molecule has 2 nitrogen and oxygen atoms in total. The van der Waals surface area contributed by atoms with Crippen LogP contribution in [0.5, 0.6) is 0 Å². The highest BCUT2D eigenvalue weighted by atomic mass is 16.5. The Balaban J connectivity index is 2.82. The number of methoxy groups -OCH3 is 1. The Kier molecular flexibility index (Phi) is 7.86. The third-order valence-electron chi connectivity index (χ3n) is 3.61. The number of hydrogen-bond donors (Lipinski definition) is 1. The van der Waals surface area contributed by atoms with Crippen molar-refractivity contribution in [2.24, 2.45) is 5.92 Å². The van der Waals surface area contributed by atoms with Gasteiger partial charge in [0.1, 0.15) is 0 Å². The van der Waals surface area contributed by atoms with Crippen LogP contribution in [0.15, 0.2) is 24.3 Å². The lowest BCUT2D eigenvalue weighted by atomic mass is 9.95. The minimum atomic E-state index is 0.276. The molecule has 0 amide bonds. The predicted molar refractivity (Wildman–Crippen MR) is 87.1 cm³/mol. The van der Waals surface area contributed by atoms with Crippen LogP contribution in [0.1, 0.15) is 57.7 Å². The second-order valence-corrected chi connectivity index (χ2v) is 6.13. The summed E-state index contributed by atoms with van der Waals surface area (Å²) in [5.74, 6) is 0.699.